The van der Waals surface area contributed by atoms with Crippen LogP contribution in [0.1, 0.15) is 60.6 Å². The average molecular weight is 364 g/mol. The first-order chi connectivity index (χ1) is 12.7. The Kier molecular flexibility index (Phi) is 5.43. The van der Waals surface area contributed by atoms with Crippen LogP contribution in [0.2, 0.25) is 0 Å². The Morgan fingerprint density at radius 1 is 0.963 bits per heavy atom. The lowest BCUT2D eigenvalue weighted by Gasteiger charge is -2.38. The van der Waals surface area contributed by atoms with Crippen molar-refractivity contribution in [2.24, 2.45) is 16.5 Å². The highest BCUT2D eigenvalue weighted by atomic mass is 14.9. The van der Waals surface area contributed by atoms with Crippen molar-refractivity contribution in [3.63, 3.8) is 0 Å². The van der Waals surface area contributed by atoms with Gasteiger partial charge in [-0.1, -0.05) is 47.5 Å². The second-order valence-corrected chi connectivity index (χ2v) is 8.52. The van der Waals surface area contributed by atoms with E-state index < -0.39 is 5.41 Å². The van der Waals surface area contributed by atoms with Crippen LogP contribution in [0.4, 0.5) is 0 Å². The summed E-state index contributed by atoms with van der Waals surface area (Å²) in [7, 11) is 0. The number of amidine groups is 1. The van der Waals surface area contributed by atoms with Crippen LogP contribution in [0.5, 0.6) is 0 Å². The predicted octanol–water partition coefficient (Wildman–Crippen LogP) is 4.19. The van der Waals surface area contributed by atoms with Crippen molar-refractivity contribution in [3.05, 3.63) is 69.8 Å². The van der Waals surface area contributed by atoms with Crippen molar-refractivity contribution >= 4 is 5.84 Å². The van der Waals surface area contributed by atoms with Crippen molar-refractivity contribution in [3.8, 4) is 0 Å². The van der Waals surface area contributed by atoms with Crippen molar-refractivity contribution in [1.82, 2.24) is 0 Å². The molecule has 3 heteroatoms. The minimum Gasteiger partial charge on any atom is -0.386 e. The SMILES string of the molecule is Cc1ccc2c(c1)CCc1cc(C)ccc1C2(C[C@@H](C)N)C(N)=NC(C)C. The molecule has 0 saturated heterocycles. The first kappa shape index (κ1) is 19.6. The molecular formula is C24H33N3. The summed E-state index contributed by atoms with van der Waals surface area (Å²) in [6.45, 7) is 10.5. The monoisotopic (exact) mass is 363 g/mol. The van der Waals surface area contributed by atoms with Crippen LogP contribution in [0, 0.1) is 13.8 Å². The quantitative estimate of drug-likeness (QED) is 0.632. The van der Waals surface area contributed by atoms with Gasteiger partial charge in [0.15, 0.2) is 0 Å². The van der Waals surface area contributed by atoms with E-state index in [0.717, 1.165) is 19.3 Å². The van der Waals surface area contributed by atoms with Crippen LogP contribution in [-0.4, -0.2) is 17.9 Å². The van der Waals surface area contributed by atoms with E-state index in [-0.39, 0.29) is 12.1 Å². The minimum absolute atomic E-state index is 0.00678. The molecule has 0 fully saturated rings. The second kappa shape index (κ2) is 7.47. The normalized spacial score (nSPS) is 17.2. The van der Waals surface area contributed by atoms with E-state index in [9.17, 15) is 0 Å². The Labute approximate surface area is 163 Å². The van der Waals surface area contributed by atoms with Gasteiger partial charge in [-0.2, -0.15) is 0 Å². The number of rotatable bonds is 4. The molecule has 2 aromatic carbocycles. The van der Waals surface area contributed by atoms with Gasteiger partial charge in [0.2, 0.25) is 0 Å². The van der Waals surface area contributed by atoms with Gasteiger partial charge in [-0.15, -0.1) is 0 Å². The Morgan fingerprint density at radius 3 is 1.85 bits per heavy atom. The zero-order valence-electron chi connectivity index (χ0n) is 17.3. The number of hydrogen-bond acceptors (Lipinski definition) is 2. The Balaban J connectivity index is 2.41. The molecule has 0 aromatic heterocycles. The van der Waals surface area contributed by atoms with Gasteiger partial charge in [-0.25, -0.2) is 0 Å². The lowest BCUT2D eigenvalue weighted by atomic mass is 9.67. The highest BCUT2D eigenvalue weighted by Gasteiger charge is 2.43. The number of aliphatic imine (C=N–C) groups is 1. The third-order valence-corrected chi connectivity index (χ3v) is 5.57. The van der Waals surface area contributed by atoms with E-state index in [0.29, 0.717) is 5.84 Å². The highest BCUT2D eigenvalue weighted by molar-refractivity contribution is 5.96. The smallest absolute Gasteiger partial charge is 0.109 e. The molecule has 3 nitrogen and oxygen atoms in total. The topological polar surface area (TPSA) is 64.4 Å². The third-order valence-electron chi connectivity index (χ3n) is 5.57. The predicted molar refractivity (Wildman–Crippen MR) is 116 cm³/mol. The minimum atomic E-state index is -0.471. The fraction of sp³-hybridized carbons (Fsp3) is 0.458. The highest BCUT2D eigenvalue weighted by Crippen LogP contribution is 2.44. The lowest BCUT2D eigenvalue weighted by molar-refractivity contribution is 0.532. The summed E-state index contributed by atoms with van der Waals surface area (Å²) in [5.74, 6) is 0.687. The van der Waals surface area contributed by atoms with Crippen LogP contribution < -0.4 is 11.5 Å². The fourth-order valence-corrected chi connectivity index (χ4v) is 4.58. The van der Waals surface area contributed by atoms with Crippen LogP contribution in [0.3, 0.4) is 0 Å². The van der Waals surface area contributed by atoms with E-state index in [1.165, 1.54) is 33.4 Å². The number of hydrogen-bond donors (Lipinski definition) is 2. The van der Waals surface area contributed by atoms with Gasteiger partial charge >= 0.3 is 0 Å². The molecule has 4 N–H and O–H groups in total. The molecule has 0 saturated carbocycles. The number of nitrogens with zero attached hydrogens (tertiary/aromatic N) is 1. The number of nitrogens with two attached hydrogens (primary N) is 2. The molecule has 144 valence electrons. The van der Waals surface area contributed by atoms with Crippen molar-refractivity contribution in [2.45, 2.75) is 71.4 Å². The molecule has 27 heavy (non-hydrogen) atoms. The third kappa shape index (κ3) is 3.66. The van der Waals surface area contributed by atoms with E-state index in [1.807, 2.05) is 0 Å². The van der Waals surface area contributed by atoms with Gasteiger partial charge in [0, 0.05) is 12.1 Å². The van der Waals surface area contributed by atoms with E-state index in [2.05, 4.69) is 71.0 Å². The average Bonchev–Trinajstić information content (AvgIpc) is 2.69. The standard InChI is InChI=1S/C24H33N3/c1-15(2)27-23(26)24(14-18(5)25)21-10-6-16(3)12-19(21)8-9-20-13-17(4)7-11-22(20)24/h6-7,10-13,15,18H,8-9,14,25H2,1-5H3,(H2,26,27)/t18-/m1/s1. The fourth-order valence-electron chi connectivity index (χ4n) is 4.58. The molecule has 0 spiro atoms. The first-order valence-corrected chi connectivity index (χ1v) is 10.0. The van der Waals surface area contributed by atoms with E-state index in [1.54, 1.807) is 0 Å². The molecule has 1 atom stereocenters. The van der Waals surface area contributed by atoms with Crippen molar-refractivity contribution in [1.29, 1.82) is 0 Å². The van der Waals surface area contributed by atoms with Crippen LogP contribution >= 0.6 is 0 Å². The van der Waals surface area contributed by atoms with Gasteiger partial charge in [0.1, 0.15) is 5.84 Å². The summed E-state index contributed by atoms with van der Waals surface area (Å²) in [5.41, 5.74) is 20.6. The Morgan fingerprint density at radius 2 is 1.44 bits per heavy atom. The Hall–Kier alpha value is -2.13. The van der Waals surface area contributed by atoms with Gasteiger partial charge < -0.3 is 11.5 Å². The molecule has 1 aliphatic rings. The largest absolute Gasteiger partial charge is 0.386 e. The molecule has 0 aliphatic heterocycles. The molecular weight excluding hydrogens is 330 g/mol. The Bertz CT molecular complexity index is 808. The van der Waals surface area contributed by atoms with E-state index in [4.69, 9.17) is 16.5 Å². The summed E-state index contributed by atoms with van der Waals surface area (Å²) >= 11 is 0. The van der Waals surface area contributed by atoms with Crippen LogP contribution in [0.25, 0.3) is 0 Å². The van der Waals surface area contributed by atoms with E-state index >= 15 is 0 Å². The summed E-state index contributed by atoms with van der Waals surface area (Å²) in [4.78, 5) is 4.85. The summed E-state index contributed by atoms with van der Waals surface area (Å²) in [5, 5.41) is 0. The number of aryl methyl sites for hydroxylation is 4. The molecule has 0 heterocycles. The zero-order chi connectivity index (χ0) is 19.8. The maximum Gasteiger partial charge on any atom is 0.109 e. The first-order valence-electron chi connectivity index (χ1n) is 10.0. The van der Waals surface area contributed by atoms with Crippen LogP contribution in [-0.2, 0) is 18.3 Å². The van der Waals surface area contributed by atoms with Crippen molar-refractivity contribution < 1.29 is 0 Å². The molecule has 3 rings (SSSR count). The van der Waals surface area contributed by atoms with Gasteiger partial charge in [-0.05, 0) is 76.1 Å². The molecule has 0 radical (unpaired) electrons. The van der Waals surface area contributed by atoms with Crippen molar-refractivity contribution in [2.75, 3.05) is 0 Å². The zero-order valence-corrected chi connectivity index (χ0v) is 17.3. The second-order valence-electron chi connectivity index (χ2n) is 8.52. The van der Waals surface area contributed by atoms with Gasteiger partial charge in [0.25, 0.3) is 0 Å². The van der Waals surface area contributed by atoms with Crippen LogP contribution in [0.15, 0.2) is 41.4 Å². The lowest BCUT2D eigenvalue weighted by Crippen LogP contribution is -2.47. The summed E-state index contributed by atoms with van der Waals surface area (Å²) in [6, 6.07) is 13.7. The van der Waals surface area contributed by atoms with Gasteiger partial charge in [-0.3, -0.25) is 4.99 Å². The molecule has 0 amide bonds. The number of fused-ring (bicyclic) bond motifs is 2. The maximum atomic E-state index is 6.80. The summed E-state index contributed by atoms with van der Waals surface area (Å²) < 4.78 is 0. The summed E-state index contributed by atoms with van der Waals surface area (Å²) in [6.07, 6.45) is 2.79. The van der Waals surface area contributed by atoms with Gasteiger partial charge in [0.05, 0.1) is 5.41 Å². The maximum absolute atomic E-state index is 6.80. The number of benzene rings is 2. The molecule has 0 unspecified atom stereocenters. The molecule has 0 bridgehead atoms. The molecule has 1 aliphatic carbocycles. The molecule has 2 aromatic rings.